The molecule has 136 heavy (non-hydrogen) atoms. The van der Waals surface area contributed by atoms with Gasteiger partial charge in [-0.2, -0.15) is 25.3 Å². The van der Waals surface area contributed by atoms with Crippen LogP contribution >= 0.6 is 25.3 Å². The Morgan fingerprint density at radius 1 is 0.434 bits per heavy atom. The number of para-hydroxylation sites is 1. The zero-order chi connectivity index (χ0) is 101. The summed E-state index contributed by atoms with van der Waals surface area (Å²) in [6.07, 6.45) is -2.49. The Kier molecular flexibility index (Phi) is 45.1. The van der Waals surface area contributed by atoms with Crippen LogP contribution in [0.25, 0.3) is 10.9 Å². The van der Waals surface area contributed by atoms with Gasteiger partial charge in [0.1, 0.15) is 102 Å². The molecule has 46 nitrogen and oxygen atoms in total. The minimum absolute atomic E-state index is 0.00928. The van der Waals surface area contributed by atoms with E-state index in [1.165, 1.54) is 112 Å². The predicted molar refractivity (Wildman–Crippen MR) is 493 cm³/mol. The second kappa shape index (κ2) is 55.2. The van der Waals surface area contributed by atoms with Crippen LogP contribution in [-0.4, -0.2) is 305 Å². The van der Waals surface area contributed by atoms with Gasteiger partial charge in [0, 0.05) is 73.7 Å². The van der Waals surface area contributed by atoms with Gasteiger partial charge in [0.25, 0.3) is 0 Å². The van der Waals surface area contributed by atoms with Crippen molar-refractivity contribution in [3.05, 3.63) is 126 Å². The number of aliphatic carboxylic acids is 3. The van der Waals surface area contributed by atoms with Gasteiger partial charge in [-0.15, -0.1) is 0 Å². The summed E-state index contributed by atoms with van der Waals surface area (Å²) in [5, 5.41) is 117. The van der Waals surface area contributed by atoms with E-state index >= 15 is 0 Å². The summed E-state index contributed by atoms with van der Waals surface area (Å²) < 4.78 is 0. The first-order valence-electron chi connectivity index (χ1n) is 43.7. The number of hydrogen-bond acceptors (Lipinski definition) is 28. The third-order valence-electron chi connectivity index (χ3n) is 21.8. The van der Waals surface area contributed by atoms with Gasteiger partial charge in [-0.3, -0.25) is 86.3 Å². The number of phenols is 3. The summed E-state index contributed by atoms with van der Waals surface area (Å²) in [6.45, 7) is 3.69. The quantitative estimate of drug-likeness (QED) is 0.0128. The van der Waals surface area contributed by atoms with Crippen LogP contribution in [0.15, 0.2) is 103 Å². The van der Waals surface area contributed by atoms with E-state index in [0.717, 1.165) is 0 Å². The Morgan fingerprint density at radius 2 is 0.838 bits per heavy atom. The van der Waals surface area contributed by atoms with E-state index in [9.17, 15) is 132 Å². The van der Waals surface area contributed by atoms with E-state index in [2.05, 4.69) is 110 Å². The number of aromatic amines is 1. The zero-order valence-corrected chi connectivity index (χ0v) is 77.1. The largest absolute Gasteiger partial charge is 0.508 e. The standard InChI is InChI=1S/C88H121N19O27S2/c1-44(2)73(85(130)97-58(28-30-71(118)119)78(123)103-64(42-135)81(126)99-60(34-48-17-23-52(111)24-18-48)79(124)102-63(41-108)80(125)106-74(45(3)4)86(131)96-56(13-8-9-31-89)76(121)101-62(88(133)134)35-49-19-25-53(112)26-20-49)105-69(115)39-92-67(113)38-93-75(120)59(33-47-15-21-51(110)22-16-47)98-77(122)57(27-29-70(116)117)95-68(114)40-94-83(128)66-14-10-32-107(66)87(132)61(36-50-37-91-55-12-7-6-11-54(50)55)100-82(127)65(43-136)104-84(129)72(90)46(5)109/h6-7,11-12,15-26,37,44-46,56-66,72-74,91,108-112,135-136H,8-10,13-14,27-36,38-43,89-90H2,1-5H3,(H,92,113)(H,93,120)(H,94,128)(H,95,114)(H,96,131)(H,97,130)(H,98,122)(H,99,126)(H,100,127)(H,101,121)(H,102,124)(H,103,123)(H,104,129)(H,105,115)(H,106,125)(H,116,117)(H,118,119)(H,133,134)/t46-,56+,57+,58+,59+,60+,61+,62+,63+,64+,65+,66+,72+,73+,74+/m1/s1. The summed E-state index contributed by atoms with van der Waals surface area (Å²) in [4.78, 5) is 264. The Bertz CT molecular complexity index is 5010. The fourth-order valence-electron chi connectivity index (χ4n) is 14.1. The van der Waals surface area contributed by atoms with Crippen molar-refractivity contribution >= 4 is 149 Å². The lowest BCUT2D eigenvalue weighted by molar-refractivity contribution is -0.142. The summed E-state index contributed by atoms with van der Waals surface area (Å²) >= 11 is 8.45. The molecule has 0 spiro atoms. The van der Waals surface area contributed by atoms with E-state index in [1.54, 1.807) is 30.5 Å². The first-order valence-corrected chi connectivity index (χ1v) is 45.0. The van der Waals surface area contributed by atoms with Gasteiger partial charge in [0.15, 0.2) is 0 Å². The van der Waals surface area contributed by atoms with Gasteiger partial charge in [-0.1, -0.05) is 82.3 Å². The molecular formula is C88H121N19O27S2. The van der Waals surface area contributed by atoms with Gasteiger partial charge in [-0.25, -0.2) is 4.79 Å². The molecule has 742 valence electrons. The number of carboxylic acid groups (broad SMARTS) is 3. The normalized spacial score (nSPS) is 15.4. The zero-order valence-electron chi connectivity index (χ0n) is 75.3. The van der Waals surface area contributed by atoms with Crippen molar-refractivity contribution in [3.8, 4) is 17.2 Å². The SMILES string of the molecule is CC(C)[C@H](NC(=O)CNC(=O)CNC(=O)[C@H](Cc1ccc(O)cc1)NC(=O)[C@H](CCC(=O)O)NC(=O)CNC(=O)[C@@H]1CCCN1C(=O)[C@H](Cc1c[nH]c2ccccc12)NC(=O)[C@H](CS)NC(=O)[C@@H](N)[C@@H](C)O)C(=O)N[C@@H](CCC(=O)O)C(=O)N[C@@H](CS)C(=O)N[C@@H](Cc1ccc(O)cc1)C(=O)N[C@@H](CO)C(=O)N[C@H](C(=O)N[C@@H](CCCCN)C(=O)N[C@@H](Cc1ccc(O)cc1)C(=O)O)C(C)C. The van der Waals surface area contributed by atoms with Crippen LogP contribution in [0.1, 0.15) is 115 Å². The molecule has 0 bridgehead atoms. The molecule has 48 heteroatoms. The number of carbonyl (C=O) groups excluding carboxylic acids is 16. The third-order valence-corrected chi connectivity index (χ3v) is 22.5. The molecule has 1 aromatic heterocycles. The Balaban J connectivity index is 1.07. The van der Waals surface area contributed by atoms with Crippen molar-refractivity contribution in [2.24, 2.45) is 23.3 Å². The molecule has 6 rings (SSSR count). The Labute approximate surface area is 792 Å². The lowest BCUT2D eigenvalue weighted by Gasteiger charge is -2.30. The highest BCUT2D eigenvalue weighted by molar-refractivity contribution is 7.80. The van der Waals surface area contributed by atoms with Gasteiger partial charge >= 0.3 is 17.9 Å². The van der Waals surface area contributed by atoms with Crippen LogP contribution in [0.2, 0.25) is 0 Å². The van der Waals surface area contributed by atoms with Crippen molar-refractivity contribution in [2.45, 2.75) is 209 Å². The van der Waals surface area contributed by atoms with E-state index < -0.39 is 279 Å². The number of aromatic hydroxyl groups is 3. The summed E-state index contributed by atoms with van der Waals surface area (Å²) in [7, 11) is 0. The van der Waals surface area contributed by atoms with Gasteiger partial charge in [0.2, 0.25) is 94.5 Å². The number of carbonyl (C=O) groups is 19. The molecule has 5 aromatic rings. The van der Waals surface area contributed by atoms with Crippen LogP contribution < -0.4 is 91.2 Å². The van der Waals surface area contributed by atoms with Crippen molar-refractivity contribution in [1.29, 1.82) is 0 Å². The number of rotatable bonds is 56. The molecule has 1 saturated heterocycles. The fourth-order valence-corrected chi connectivity index (χ4v) is 14.6. The number of aliphatic hydroxyl groups is 2. The molecule has 2 heterocycles. The highest BCUT2D eigenvalue weighted by Gasteiger charge is 2.42. The molecule has 1 fully saturated rings. The molecule has 28 N–H and O–H groups in total. The minimum Gasteiger partial charge on any atom is -0.508 e. The van der Waals surface area contributed by atoms with E-state index in [4.69, 9.17) is 11.5 Å². The van der Waals surface area contributed by atoms with Gasteiger partial charge in [0.05, 0.1) is 32.3 Å². The Morgan fingerprint density at radius 3 is 1.32 bits per heavy atom. The minimum atomic E-state index is -1.87. The number of benzene rings is 4. The maximum Gasteiger partial charge on any atom is 0.326 e. The molecule has 0 unspecified atom stereocenters. The van der Waals surface area contributed by atoms with Crippen LogP contribution in [0.4, 0.5) is 0 Å². The molecule has 15 atom stereocenters. The number of hydrogen-bond donors (Lipinski definition) is 28. The number of nitrogens with zero attached hydrogens (tertiary/aromatic N) is 1. The summed E-state index contributed by atoms with van der Waals surface area (Å²) in [5.41, 5.74) is 13.8. The monoisotopic (exact) mass is 1940 g/mol. The van der Waals surface area contributed by atoms with Crippen LogP contribution in [0.3, 0.4) is 0 Å². The number of aromatic nitrogens is 1. The number of fused-ring (bicyclic) bond motifs is 1. The van der Waals surface area contributed by atoms with E-state index in [0.29, 0.717) is 39.6 Å². The lowest BCUT2D eigenvalue weighted by atomic mass is 10.0. The highest BCUT2D eigenvalue weighted by atomic mass is 32.1. The predicted octanol–water partition coefficient (Wildman–Crippen LogP) is -5.47. The maximum atomic E-state index is 14.7. The first kappa shape index (κ1) is 111. The molecular weight excluding hydrogens is 1820 g/mol. The van der Waals surface area contributed by atoms with Crippen LogP contribution in [0, 0.1) is 11.8 Å². The molecule has 0 saturated carbocycles. The molecule has 16 amide bonds. The number of H-pyrrole nitrogens is 1. The number of aliphatic hydroxyl groups excluding tert-OH is 2. The number of likely N-dealkylation sites (tertiary alicyclic amines) is 1. The van der Waals surface area contributed by atoms with Crippen molar-refractivity contribution in [3.63, 3.8) is 0 Å². The van der Waals surface area contributed by atoms with Crippen LogP contribution in [0.5, 0.6) is 17.2 Å². The molecule has 0 radical (unpaired) electrons. The number of amides is 16. The van der Waals surface area contributed by atoms with Crippen molar-refractivity contribution < 1.29 is 132 Å². The number of carboxylic acids is 3. The summed E-state index contributed by atoms with van der Waals surface area (Å²) in [5.74, 6) is -23.3. The van der Waals surface area contributed by atoms with Crippen molar-refractivity contribution in [1.82, 2.24) is 89.6 Å². The molecule has 4 aromatic carbocycles. The number of thiol groups is 2. The van der Waals surface area contributed by atoms with E-state index in [1.807, 2.05) is 0 Å². The topological polar surface area (TPSA) is 738 Å². The van der Waals surface area contributed by atoms with Gasteiger partial charge < -0.3 is 142 Å². The van der Waals surface area contributed by atoms with Crippen molar-refractivity contribution in [2.75, 3.05) is 50.8 Å². The second-order valence-corrected chi connectivity index (χ2v) is 33.8. The van der Waals surface area contributed by atoms with Crippen LogP contribution in [-0.2, 0) is 117 Å². The highest BCUT2D eigenvalue weighted by Crippen LogP contribution is 2.25. The van der Waals surface area contributed by atoms with Gasteiger partial charge in [-0.05, 0) is 135 Å². The number of nitrogens with one attached hydrogen (secondary N) is 16. The third kappa shape index (κ3) is 35.9. The second-order valence-electron chi connectivity index (χ2n) is 33.1. The first-order chi connectivity index (χ1) is 64.4. The maximum absolute atomic E-state index is 14.7. The number of nitrogens with two attached hydrogens (primary N) is 2. The average Bonchev–Trinajstić information content (AvgIpc) is 1.64. The smallest absolute Gasteiger partial charge is 0.326 e. The molecule has 1 aliphatic heterocycles. The summed E-state index contributed by atoms with van der Waals surface area (Å²) in [6, 6.07) is 1.46. The lowest BCUT2D eigenvalue weighted by Crippen LogP contribution is -2.62. The Hall–Kier alpha value is -13.7. The fraction of sp³-hybridized carbons (Fsp3) is 0.489. The molecule has 1 aliphatic rings. The average molecular weight is 1940 g/mol. The number of phenolic OH excluding ortho intramolecular Hbond substituents is 3. The molecule has 0 aliphatic carbocycles. The van der Waals surface area contributed by atoms with E-state index in [-0.39, 0.29) is 81.0 Å². The number of unbranched alkanes of at least 4 members (excludes halogenated alkanes) is 1.